The van der Waals surface area contributed by atoms with E-state index in [9.17, 15) is 18.3 Å². The van der Waals surface area contributed by atoms with E-state index in [1.54, 1.807) is 30.3 Å². The molecule has 3 heterocycles. The summed E-state index contributed by atoms with van der Waals surface area (Å²) >= 11 is 0. The van der Waals surface area contributed by atoms with Crippen LogP contribution in [0.15, 0.2) is 35.2 Å². The fraction of sp³-hybridized carbons (Fsp3) is 0.667. The Bertz CT molecular complexity index is 784. The topological polar surface area (TPSA) is 77.9 Å². The fourth-order valence-electron chi connectivity index (χ4n) is 5.49. The molecule has 3 fully saturated rings. The highest BCUT2D eigenvalue weighted by Gasteiger charge is 2.47. The Balaban J connectivity index is 1.42. The van der Waals surface area contributed by atoms with Gasteiger partial charge in [-0.3, -0.25) is 9.69 Å². The summed E-state index contributed by atoms with van der Waals surface area (Å²) in [4.78, 5) is 17.5. The third-order valence-electron chi connectivity index (χ3n) is 6.85. The van der Waals surface area contributed by atoms with Gasteiger partial charge < -0.3 is 10.0 Å². The Hall–Kier alpha value is -1.44. The molecule has 154 valence electrons. The Morgan fingerprint density at radius 2 is 1.86 bits per heavy atom. The number of hydrogen-bond acceptors (Lipinski definition) is 5. The lowest BCUT2D eigenvalue weighted by atomic mass is 9.72. The predicted octanol–water partition coefficient (Wildman–Crippen LogP) is 1.54. The summed E-state index contributed by atoms with van der Waals surface area (Å²) in [6, 6.07) is 8.92. The summed E-state index contributed by atoms with van der Waals surface area (Å²) in [6.45, 7) is 2.54. The minimum absolute atomic E-state index is 0.0227. The molecule has 1 N–H and O–H groups in total. The van der Waals surface area contributed by atoms with Crippen LogP contribution in [0.3, 0.4) is 0 Å². The maximum absolute atomic E-state index is 12.8. The van der Waals surface area contributed by atoms with Crippen molar-refractivity contribution < 1.29 is 18.3 Å². The van der Waals surface area contributed by atoms with E-state index in [0.717, 1.165) is 25.9 Å². The lowest BCUT2D eigenvalue weighted by Crippen LogP contribution is -2.65. The maximum atomic E-state index is 12.8. The molecule has 3 saturated heterocycles. The van der Waals surface area contributed by atoms with Gasteiger partial charge >= 0.3 is 0 Å². The van der Waals surface area contributed by atoms with Crippen LogP contribution in [0.25, 0.3) is 0 Å². The van der Waals surface area contributed by atoms with E-state index in [1.807, 2.05) is 4.90 Å². The Morgan fingerprint density at radius 1 is 1.11 bits per heavy atom. The fourth-order valence-corrected chi connectivity index (χ4v) is 6.74. The van der Waals surface area contributed by atoms with E-state index >= 15 is 0 Å². The molecule has 0 radical (unpaired) electrons. The number of hydrogen-bond donors (Lipinski definition) is 1. The van der Waals surface area contributed by atoms with Gasteiger partial charge in [-0.2, -0.15) is 0 Å². The van der Waals surface area contributed by atoms with Crippen LogP contribution in [0.5, 0.6) is 0 Å². The number of carbonyl (C=O) groups excluding carboxylic acids is 1. The largest absolute Gasteiger partial charge is 0.395 e. The average Bonchev–Trinajstić information content (AvgIpc) is 2.73. The van der Waals surface area contributed by atoms with Crippen LogP contribution in [0.4, 0.5) is 0 Å². The number of likely N-dealkylation sites (tertiary alicyclic amines) is 1. The first-order valence-corrected chi connectivity index (χ1v) is 12.1. The third kappa shape index (κ3) is 3.84. The predicted molar refractivity (Wildman–Crippen MR) is 107 cm³/mol. The van der Waals surface area contributed by atoms with Crippen molar-refractivity contribution in [3.8, 4) is 0 Å². The minimum Gasteiger partial charge on any atom is -0.395 e. The smallest absolute Gasteiger partial charge is 0.223 e. The normalized spacial score (nSPS) is 30.7. The van der Waals surface area contributed by atoms with E-state index in [0.29, 0.717) is 18.5 Å². The number of nitrogens with zero attached hydrogens (tertiary/aromatic N) is 2. The van der Waals surface area contributed by atoms with Gasteiger partial charge in [0.05, 0.1) is 17.3 Å². The molecule has 4 atom stereocenters. The lowest BCUT2D eigenvalue weighted by molar-refractivity contribution is -0.141. The van der Waals surface area contributed by atoms with Crippen LogP contribution in [-0.4, -0.2) is 73.3 Å². The number of amides is 1. The summed E-state index contributed by atoms with van der Waals surface area (Å²) in [5.74, 6) is 0.500. The van der Waals surface area contributed by atoms with Gasteiger partial charge in [-0.1, -0.05) is 24.6 Å². The van der Waals surface area contributed by atoms with Gasteiger partial charge in [-0.25, -0.2) is 8.42 Å². The molecule has 0 aromatic heterocycles. The van der Waals surface area contributed by atoms with Crippen molar-refractivity contribution in [1.82, 2.24) is 9.80 Å². The van der Waals surface area contributed by atoms with Crippen LogP contribution in [0.1, 0.15) is 32.1 Å². The quantitative estimate of drug-likeness (QED) is 0.803. The van der Waals surface area contributed by atoms with Crippen molar-refractivity contribution in [3.05, 3.63) is 30.3 Å². The molecule has 7 heteroatoms. The van der Waals surface area contributed by atoms with Gasteiger partial charge in [-0.05, 0) is 49.8 Å². The molecule has 6 nitrogen and oxygen atoms in total. The van der Waals surface area contributed by atoms with Crippen LogP contribution >= 0.6 is 0 Å². The molecule has 28 heavy (non-hydrogen) atoms. The molecule has 3 aliphatic rings. The number of carbonyl (C=O) groups is 1. The zero-order valence-electron chi connectivity index (χ0n) is 16.2. The van der Waals surface area contributed by atoms with Crippen molar-refractivity contribution in [2.24, 2.45) is 11.8 Å². The Morgan fingerprint density at radius 3 is 2.61 bits per heavy atom. The number of sulfone groups is 1. The second kappa shape index (κ2) is 8.13. The average molecular weight is 407 g/mol. The summed E-state index contributed by atoms with van der Waals surface area (Å²) < 4.78 is 25.0. The van der Waals surface area contributed by atoms with Crippen LogP contribution in [0, 0.1) is 11.8 Å². The first-order chi connectivity index (χ1) is 13.5. The van der Waals surface area contributed by atoms with E-state index < -0.39 is 9.84 Å². The van der Waals surface area contributed by atoms with E-state index in [4.69, 9.17) is 0 Å². The van der Waals surface area contributed by atoms with Gasteiger partial charge in [0.2, 0.25) is 5.91 Å². The molecule has 3 aliphatic heterocycles. The molecule has 1 aromatic rings. The van der Waals surface area contributed by atoms with E-state index in [2.05, 4.69) is 4.90 Å². The second-order valence-electron chi connectivity index (χ2n) is 8.49. The van der Waals surface area contributed by atoms with Crippen LogP contribution in [0.2, 0.25) is 0 Å². The zero-order chi connectivity index (χ0) is 19.7. The SMILES string of the molecule is O=C(CCS(=O)(=O)c1ccccc1)N1C[C@H]2C[C@@H](C1)[C@H](CO)N1CCCC[C@@H]21. The standard InChI is InChI=1S/C21H30N2O4S/c24-15-20-17-12-16(19-8-4-5-10-23(19)20)13-22(14-17)21(25)9-11-28(26,27)18-6-2-1-3-7-18/h1-3,6-7,16-17,19-20,24H,4-5,8-15H2/t16-,17+,19+,20+/m1/s1. The van der Waals surface area contributed by atoms with Crippen molar-refractivity contribution in [2.45, 2.75) is 49.1 Å². The van der Waals surface area contributed by atoms with E-state index in [1.165, 1.54) is 12.8 Å². The summed E-state index contributed by atoms with van der Waals surface area (Å²) in [6.07, 6.45) is 4.63. The molecule has 0 unspecified atom stereocenters. The summed E-state index contributed by atoms with van der Waals surface area (Å²) in [5.41, 5.74) is 0. The van der Waals surface area contributed by atoms with Crippen molar-refractivity contribution in [2.75, 3.05) is 32.0 Å². The van der Waals surface area contributed by atoms with Gasteiger partial charge in [0.25, 0.3) is 0 Å². The molecule has 0 spiro atoms. The Labute approximate surface area is 167 Å². The molecule has 1 amide bonds. The zero-order valence-corrected chi connectivity index (χ0v) is 17.1. The first kappa shape index (κ1) is 19.9. The number of rotatable bonds is 5. The molecule has 1 aromatic carbocycles. The summed E-state index contributed by atoms with van der Waals surface area (Å²) in [5, 5.41) is 9.98. The van der Waals surface area contributed by atoms with Crippen molar-refractivity contribution >= 4 is 15.7 Å². The monoisotopic (exact) mass is 406 g/mol. The van der Waals surface area contributed by atoms with Crippen LogP contribution < -0.4 is 0 Å². The number of benzene rings is 1. The first-order valence-electron chi connectivity index (χ1n) is 10.4. The van der Waals surface area contributed by atoms with Gasteiger partial charge in [0.15, 0.2) is 9.84 Å². The summed E-state index contributed by atoms with van der Waals surface area (Å²) in [7, 11) is -3.44. The molecule has 2 bridgehead atoms. The Kier molecular flexibility index (Phi) is 5.76. The van der Waals surface area contributed by atoms with Crippen molar-refractivity contribution in [3.63, 3.8) is 0 Å². The molecule has 0 saturated carbocycles. The number of aliphatic hydroxyl groups is 1. The second-order valence-corrected chi connectivity index (χ2v) is 10.6. The van der Waals surface area contributed by atoms with Crippen molar-refractivity contribution in [1.29, 1.82) is 0 Å². The highest BCUT2D eigenvalue weighted by molar-refractivity contribution is 7.91. The highest BCUT2D eigenvalue weighted by Crippen LogP contribution is 2.41. The number of aliphatic hydroxyl groups excluding tert-OH is 1. The highest BCUT2D eigenvalue weighted by atomic mass is 32.2. The molecule has 4 rings (SSSR count). The minimum atomic E-state index is -3.44. The third-order valence-corrected chi connectivity index (χ3v) is 8.58. The van der Waals surface area contributed by atoms with E-state index in [-0.39, 0.29) is 41.5 Å². The molecular formula is C21H30N2O4S. The number of piperidine rings is 3. The van der Waals surface area contributed by atoms with Gasteiger partial charge in [0.1, 0.15) is 0 Å². The van der Waals surface area contributed by atoms with Crippen LogP contribution in [-0.2, 0) is 14.6 Å². The molecule has 0 aliphatic carbocycles. The molecular weight excluding hydrogens is 376 g/mol. The lowest BCUT2D eigenvalue weighted by Gasteiger charge is -2.56. The van der Waals surface area contributed by atoms with Gasteiger partial charge in [-0.15, -0.1) is 0 Å². The maximum Gasteiger partial charge on any atom is 0.223 e. The number of fused-ring (bicyclic) bond motifs is 4. The van der Waals surface area contributed by atoms with Gasteiger partial charge in [0, 0.05) is 31.6 Å².